The first-order valence-corrected chi connectivity index (χ1v) is 10.7. The molecule has 0 radical (unpaired) electrons. The maximum atomic E-state index is 8.75. The van der Waals surface area contributed by atoms with Crippen LogP contribution >= 0.6 is 0 Å². The lowest BCUT2D eigenvalue weighted by Gasteiger charge is -2.38. The van der Waals surface area contributed by atoms with Crippen molar-refractivity contribution in [2.45, 2.75) is 104 Å². The van der Waals surface area contributed by atoms with Crippen molar-refractivity contribution in [1.29, 1.82) is 0 Å². The van der Waals surface area contributed by atoms with E-state index >= 15 is 0 Å². The minimum absolute atomic E-state index is 0. The van der Waals surface area contributed by atoms with Crippen molar-refractivity contribution in [3.05, 3.63) is 0 Å². The number of aliphatic hydroxyl groups excluding tert-OH is 1. The summed E-state index contributed by atoms with van der Waals surface area (Å²) in [6, 6.07) is 0. The monoisotopic (exact) mass is 407 g/mol. The molecule has 3 heteroatoms. The molecule has 0 amide bonds. The topological polar surface area (TPSA) is 20.2 Å². The fraction of sp³-hybridized carbons (Fsp3) is 1.00. The Kier molecular flexibility index (Phi) is 21.9. The molecule has 148 valence electrons. The zero-order valence-corrected chi connectivity index (χ0v) is 18.6. The average Bonchev–Trinajstić information content (AvgIpc) is 2.53. The molecule has 24 heavy (non-hydrogen) atoms. The van der Waals surface area contributed by atoms with E-state index in [1.54, 1.807) is 0 Å². The zero-order valence-electron chi connectivity index (χ0n) is 17.0. The summed E-state index contributed by atoms with van der Waals surface area (Å²) in [6.45, 7) is 13.0. The Hall–Kier alpha value is 0.400. The summed E-state index contributed by atoms with van der Waals surface area (Å²) in [6.07, 6.45) is 17.4. The fourth-order valence-corrected chi connectivity index (χ4v) is 4.07. The largest absolute Gasteiger partial charge is 1.00 e. The van der Waals surface area contributed by atoms with Crippen molar-refractivity contribution in [3.63, 3.8) is 0 Å². The molecule has 0 aliphatic heterocycles. The van der Waals surface area contributed by atoms with Crippen molar-refractivity contribution < 1.29 is 26.6 Å². The molecule has 0 rings (SSSR count). The van der Waals surface area contributed by atoms with Crippen LogP contribution in [0.1, 0.15) is 104 Å². The summed E-state index contributed by atoms with van der Waals surface area (Å²) >= 11 is 0. The molecule has 0 bridgehead atoms. The standard InChI is InChI=1S/C21H46NO.BrH/c1-4-17-22(18-5-2,19-6-3)20-15-13-11-9-7-8-10-12-14-16-21-23;/h23H,4-21H2,1-3H3;1H/q+1;/p-1. The van der Waals surface area contributed by atoms with Gasteiger partial charge in [0, 0.05) is 6.61 Å². The van der Waals surface area contributed by atoms with E-state index in [9.17, 15) is 0 Å². The molecule has 0 aliphatic rings. The van der Waals surface area contributed by atoms with E-state index in [0.717, 1.165) is 6.42 Å². The molecule has 0 aromatic carbocycles. The molecule has 0 unspecified atom stereocenters. The van der Waals surface area contributed by atoms with Crippen molar-refractivity contribution in [2.24, 2.45) is 0 Å². The van der Waals surface area contributed by atoms with Gasteiger partial charge in [-0.3, -0.25) is 0 Å². The second-order valence-corrected chi connectivity index (χ2v) is 7.50. The normalized spacial score (nSPS) is 11.5. The van der Waals surface area contributed by atoms with Gasteiger partial charge in [-0.2, -0.15) is 0 Å². The maximum Gasteiger partial charge on any atom is 0.0786 e. The van der Waals surface area contributed by atoms with Gasteiger partial charge in [-0.25, -0.2) is 0 Å². The Morgan fingerprint density at radius 2 is 0.833 bits per heavy atom. The quantitative estimate of drug-likeness (QED) is 0.273. The predicted octanol–water partition coefficient (Wildman–Crippen LogP) is 2.93. The Bertz CT molecular complexity index is 219. The number of hydrogen-bond acceptors (Lipinski definition) is 1. The van der Waals surface area contributed by atoms with Crippen LogP contribution in [-0.2, 0) is 0 Å². The summed E-state index contributed by atoms with van der Waals surface area (Å²) in [5.41, 5.74) is 0. The van der Waals surface area contributed by atoms with Gasteiger partial charge in [0.05, 0.1) is 26.2 Å². The first kappa shape index (κ1) is 26.6. The minimum atomic E-state index is 0. The molecule has 0 aromatic rings. The molecule has 0 fully saturated rings. The van der Waals surface area contributed by atoms with Crippen molar-refractivity contribution in [2.75, 3.05) is 32.8 Å². The number of aliphatic hydroxyl groups is 1. The second-order valence-electron chi connectivity index (χ2n) is 7.50. The lowest BCUT2D eigenvalue weighted by molar-refractivity contribution is -0.928. The lowest BCUT2D eigenvalue weighted by atomic mass is 10.1. The predicted molar refractivity (Wildman–Crippen MR) is 104 cm³/mol. The van der Waals surface area contributed by atoms with Crippen molar-refractivity contribution >= 4 is 0 Å². The molecule has 2 nitrogen and oxygen atoms in total. The molecule has 0 atom stereocenters. The van der Waals surface area contributed by atoms with Crippen LogP contribution < -0.4 is 17.0 Å². The zero-order chi connectivity index (χ0) is 17.2. The van der Waals surface area contributed by atoms with Gasteiger partial charge < -0.3 is 26.6 Å². The number of rotatable bonds is 18. The highest BCUT2D eigenvalue weighted by molar-refractivity contribution is 4.50. The molecule has 1 N–H and O–H groups in total. The summed E-state index contributed by atoms with van der Waals surface area (Å²) in [4.78, 5) is 0. The third-order valence-corrected chi connectivity index (χ3v) is 5.13. The number of hydrogen-bond donors (Lipinski definition) is 1. The van der Waals surface area contributed by atoms with Crippen molar-refractivity contribution in [1.82, 2.24) is 0 Å². The molecular formula is C21H46BrNO. The summed E-state index contributed by atoms with van der Waals surface area (Å²) in [5, 5.41) is 8.75. The fourth-order valence-electron chi connectivity index (χ4n) is 4.07. The van der Waals surface area contributed by atoms with Crippen LogP contribution in [0.25, 0.3) is 0 Å². The Labute approximate surface area is 163 Å². The third kappa shape index (κ3) is 14.7. The third-order valence-electron chi connectivity index (χ3n) is 5.13. The molecule has 0 saturated heterocycles. The molecule has 0 saturated carbocycles. The van der Waals surface area contributed by atoms with E-state index in [2.05, 4.69) is 20.8 Å². The first-order chi connectivity index (χ1) is 11.2. The molecule has 0 spiro atoms. The highest BCUT2D eigenvalue weighted by Crippen LogP contribution is 2.16. The lowest BCUT2D eigenvalue weighted by Crippen LogP contribution is -3.00. The van der Waals surface area contributed by atoms with Gasteiger partial charge in [-0.1, -0.05) is 65.7 Å². The van der Waals surface area contributed by atoms with Gasteiger partial charge in [0.15, 0.2) is 0 Å². The van der Waals surface area contributed by atoms with Gasteiger partial charge in [0.2, 0.25) is 0 Å². The van der Waals surface area contributed by atoms with Gasteiger partial charge in [0.25, 0.3) is 0 Å². The van der Waals surface area contributed by atoms with Gasteiger partial charge in [0.1, 0.15) is 0 Å². The van der Waals surface area contributed by atoms with Crippen LogP contribution in [0.2, 0.25) is 0 Å². The smallest absolute Gasteiger partial charge is 0.0786 e. The first-order valence-electron chi connectivity index (χ1n) is 10.7. The van der Waals surface area contributed by atoms with Gasteiger partial charge >= 0.3 is 0 Å². The van der Waals surface area contributed by atoms with Crippen LogP contribution in [0, 0.1) is 0 Å². The molecule has 0 aliphatic carbocycles. The SMILES string of the molecule is CCC[N+](CCC)(CCC)CCCCCCCCCCCCO.[Br-]. The van der Waals surface area contributed by atoms with Crippen LogP contribution in [0.15, 0.2) is 0 Å². The second kappa shape index (κ2) is 19.7. The maximum absolute atomic E-state index is 8.75. The number of unbranched alkanes of at least 4 members (excludes halogenated alkanes) is 9. The summed E-state index contributed by atoms with van der Waals surface area (Å²) in [7, 11) is 0. The Morgan fingerprint density at radius 1 is 0.500 bits per heavy atom. The highest BCUT2D eigenvalue weighted by Gasteiger charge is 2.23. The number of nitrogens with zero attached hydrogens (tertiary/aromatic N) is 1. The van der Waals surface area contributed by atoms with Crippen LogP contribution in [0.5, 0.6) is 0 Å². The number of quaternary nitrogens is 1. The van der Waals surface area contributed by atoms with E-state index in [-0.39, 0.29) is 17.0 Å². The molecule has 0 heterocycles. The van der Waals surface area contributed by atoms with E-state index in [0.29, 0.717) is 6.61 Å². The van der Waals surface area contributed by atoms with Gasteiger partial charge in [-0.05, 0) is 38.5 Å². The minimum Gasteiger partial charge on any atom is -1.00 e. The highest BCUT2D eigenvalue weighted by atomic mass is 79.9. The Morgan fingerprint density at radius 3 is 1.17 bits per heavy atom. The number of halogens is 1. The molecule has 0 aromatic heterocycles. The van der Waals surface area contributed by atoms with Crippen molar-refractivity contribution in [3.8, 4) is 0 Å². The van der Waals surface area contributed by atoms with Crippen LogP contribution in [-0.4, -0.2) is 42.4 Å². The molecular weight excluding hydrogens is 362 g/mol. The summed E-state index contributed by atoms with van der Waals surface area (Å²) in [5.74, 6) is 0. The van der Waals surface area contributed by atoms with Crippen LogP contribution in [0.3, 0.4) is 0 Å². The summed E-state index contributed by atoms with van der Waals surface area (Å²) < 4.78 is 1.38. The Balaban J connectivity index is 0. The van der Waals surface area contributed by atoms with Crippen LogP contribution in [0.4, 0.5) is 0 Å². The van der Waals surface area contributed by atoms with E-state index in [4.69, 9.17) is 5.11 Å². The average molecular weight is 409 g/mol. The van der Waals surface area contributed by atoms with E-state index in [1.165, 1.54) is 108 Å². The van der Waals surface area contributed by atoms with E-state index in [1.807, 2.05) is 0 Å². The van der Waals surface area contributed by atoms with E-state index < -0.39 is 0 Å². The van der Waals surface area contributed by atoms with Gasteiger partial charge in [-0.15, -0.1) is 0 Å².